The molecule has 0 bridgehead atoms. The van der Waals surface area contributed by atoms with Gasteiger partial charge >= 0.3 is 0 Å². The molecule has 308 valence electrons. The molecule has 3 aromatic rings. The van der Waals surface area contributed by atoms with Crippen LogP contribution in [0.25, 0.3) is 0 Å². The Kier molecular flexibility index (Phi) is 19.4. The van der Waals surface area contributed by atoms with Crippen molar-refractivity contribution in [3.63, 3.8) is 0 Å². The largest absolute Gasteiger partial charge is 0.370 e. The molecule has 22 heteroatoms. The minimum Gasteiger partial charge on any atom is -0.370 e. The van der Waals surface area contributed by atoms with Gasteiger partial charge in [-0.15, -0.1) is 23.5 Å². The van der Waals surface area contributed by atoms with Crippen molar-refractivity contribution in [2.24, 2.45) is 44.4 Å². The molecular weight excluding hydrogens is 783 g/mol. The van der Waals surface area contributed by atoms with E-state index in [1.807, 2.05) is 0 Å². The normalized spacial score (nSPS) is 10.7. The number of benzene rings is 2. The van der Waals surface area contributed by atoms with Crippen LogP contribution in [0, 0.1) is 11.6 Å². The van der Waals surface area contributed by atoms with E-state index in [0.717, 1.165) is 42.4 Å². The van der Waals surface area contributed by atoms with Gasteiger partial charge < -0.3 is 55.7 Å². The van der Waals surface area contributed by atoms with Crippen LogP contribution in [0.2, 0.25) is 0 Å². The van der Waals surface area contributed by atoms with Crippen LogP contribution in [0.1, 0.15) is 65.1 Å². The summed E-state index contributed by atoms with van der Waals surface area (Å²) in [5.41, 5.74) is 32.8. The van der Waals surface area contributed by atoms with Gasteiger partial charge in [-0.2, -0.15) is 0 Å². The summed E-state index contributed by atoms with van der Waals surface area (Å²) in [6.45, 7) is 1.20. The Hall–Kier alpha value is -5.58. The number of hydrogen-bond acceptors (Lipinski definition) is 12. The van der Waals surface area contributed by atoms with Gasteiger partial charge in [0.2, 0.25) is 11.8 Å². The molecule has 0 saturated heterocycles. The van der Waals surface area contributed by atoms with Gasteiger partial charge in [0.25, 0.3) is 11.8 Å². The Bertz CT molecular complexity index is 1930. The van der Waals surface area contributed by atoms with E-state index in [2.05, 4.69) is 41.2 Å². The van der Waals surface area contributed by atoms with Crippen LogP contribution in [0.4, 0.5) is 25.8 Å². The lowest BCUT2D eigenvalue weighted by atomic mass is 10.1. The molecule has 1 aromatic heterocycles. The third-order valence-corrected chi connectivity index (χ3v) is 9.82. The highest BCUT2D eigenvalue weighted by Crippen LogP contribution is 2.37. The van der Waals surface area contributed by atoms with E-state index in [0.29, 0.717) is 59.9 Å². The quantitative estimate of drug-likeness (QED) is 0.0282. The van der Waals surface area contributed by atoms with Crippen molar-refractivity contribution in [3.05, 3.63) is 65.2 Å². The fourth-order valence-corrected chi connectivity index (χ4v) is 6.84. The zero-order valence-corrected chi connectivity index (χ0v) is 32.7. The SMILES string of the molecule is NCCCCC(=O)NCc1cc(F)cc(NC(=O)c2cc(C(=O)Nc3cc(F)cc(NC(=O)CCCCN)c3SCCN=C(N)N)ncn2)c1SCCN=C(N)N. The fraction of sp³-hybridized carbons (Fsp3) is 0.371. The first kappa shape index (κ1) is 45.8. The molecule has 0 aliphatic heterocycles. The van der Waals surface area contributed by atoms with Crippen molar-refractivity contribution in [1.82, 2.24) is 15.3 Å². The third kappa shape index (κ3) is 16.2. The number of aliphatic imine (C=N–C) groups is 2. The van der Waals surface area contributed by atoms with Gasteiger partial charge in [0.05, 0.1) is 35.0 Å². The number of nitrogens with zero attached hydrogens (tertiary/aromatic N) is 4. The highest BCUT2D eigenvalue weighted by Gasteiger charge is 2.21. The number of thioether (sulfide) groups is 2. The van der Waals surface area contributed by atoms with Crippen LogP contribution in [0.15, 0.2) is 56.4 Å². The number of nitrogens with one attached hydrogen (secondary N) is 4. The fourth-order valence-electron chi connectivity index (χ4n) is 4.96. The predicted octanol–water partition coefficient (Wildman–Crippen LogP) is 1.80. The number of halogens is 2. The van der Waals surface area contributed by atoms with E-state index in [1.165, 1.54) is 17.8 Å². The maximum atomic E-state index is 15.0. The minimum absolute atomic E-state index is 0.00211. The van der Waals surface area contributed by atoms with Gasteiger partial charge in [-0.3, -0.25) is 29.2 Å². The van der Waals surface area contributed by atoms with Gasteiger partial charge in [0, 0.05) is 41.9 Å². The van der Waals surface area contributed by atoms with E-state index in [4.69, 9.17) is 34.4 Å². The standard InChI is InChI=1S/C35H48F2N14O4S2/c36-21-13-20(18-46-28(52)5-1-3-7-38)30(56-11-9-44-34(40)41)23(14-21)50-32(54)26-17-27(48-19-47-26)33(55)51-25-16-22(37)15-24(49-29(53)6-2-4-8-39)31(25)57-12-10-45-35(42)43/h13-17,19H,1-12,18,38-39H2,(H,46,52)(H,49,53)(H,50,54)(H,51,55)(H4,40,41,44)(H4,42,43,45). The molecule has 2 aromatic carbocycles. The molecule has 0 unspecified atom stereocenters. The Morgan fingerprint density at radius 2 is 1.11 bits per heavy atom. The first-order valence-corrected chi connectivity index (χ1v) is 19.7. The molecule has 0 aliphatic rings. The Morgan fingerprint density at radius 3 is 1.63 bits per heavy atom. The van der Waals surface area contributed by atoms with E-state index in [9.17, 15) is 28.0 Å². The van der Waals surface area contributed by atoms with Crippen molar-refractivity contribution >= 4 is 76.1 Å². The monoisotopic (exact) mass is 830 g/mol. The summed E-state index contributed by atoms with van der Waals surface area (Å²) in [4.78, 5) is 68.8. The van der Waals surface area contributed by atoms with Gasteiger partial charge in [-0.1, -0.05) is 0 Å². The first-order valence-electron chi connectivity index (χ1n) is 17.7. The molecule has 18 nitrogen and oxygen atoms in total. The highest BCUT2D eigenvalue weighted by molar-refractivity contribution is 7.99. The number of aromatic nitrogens is 2. The van der Waals surface area contributed by atoms with Crippen molar-refractivity contribution in [3.8, 4) is 0 Å². The predicted molar refractivity (Wildman–Crippen MR) is 220 cm³/mol. The minimum atomic E-state index is -0.838. The maximum absolute atomic E-state index is 15.0. The first-order chi connectivity index (χ1) is 27.3. The number of carbonyl (C=O) groups is 4. The summed E-state index contributed by atoms with van der Waals surface area (Å²) in [6.07, 6.45) is 3.76. The molecule has 57 heavy (non-hydrogen) atoms. The summed E-state index contributed by atoms with van der Waals surface area (Å²) in [5, 5.41) is 10.7. The van der Waals surface area contributed by atoms with Gasteiger partial charge in [-0.05, 0) is 68.6 Å². The summed E-state index contributed by atoms with van der Waals surface area (Å²) in [6, 6.07) is 5.63. The van der Waals surface area contributed by atoms with Crippen LogP contribution in [0.3, 0.4) is 0 Å². The molecule has 1 heterocycles. The maximum Gasteiger partial charge on any atom is 0.274 e. The smallest absolute Gasteiger partial charge is 0.274 e. The Labute approximate surface area is 336 Å². The van der Waals surface area contributed by atoms with E-state index >= 15 is 0 Å². The van der Waals surface area contributed by atoms with Crippen LogP contribution >= 0.6 is 23.5 Å². The molecule has 0 saturated carbocycles. The number of carbonyl (C=O) groups excluding carboxylic acids is 4. The Balaban J connectivity index is 1.89. The molecular formula is C35H48F2N14O4S2. The van der Waals surface area contributed by atoms with Crippen LogP contribution in [-0.4, -0.2) is 83.2 Å². The third-order valence-electron chi connectivity index (χ3n) is 7.54. The lowest BCUT2D eigenvalue weighted by Gasteiger charge is -2.17. The van der Waals surface area contributed by atoms with Crippen molar-refractivity contribution in [2.75, 3.05) is 53.6 Å². The lowest BCUT2D eigenvalue weighted by Crippen LogP contribution is -2.24. The van der Waals surface area contributed by atoms with E-state index < -0.39 is 23.4 Å². The number of nitrogens with two attached hydrogens (primary N) is 6. The number of rotatable bonds is 23. The second kappa shape index (κ2) is 24.1. The molecule has 0 radical (unpaired) electrons. The Morgan fingerprint density at radius 1 is 0.632 bits per heavy atom. The second-order valence-corrected chi connectivity index (χ2v) is 14.3. The number of unbranched alkanes of at least 4 members (excludes halogenated alkanes) is 2. The summed E-state index contributed by atoms with van der Waals surface area (Å²) >= 11 is 2.37. The molecule has 3 rings (SSSR count). The topological polar surface area (TPSA) is 323 Å². The number of hydrogen-bond donors (Lipinski definition) is 10. The summed E-state index contributed by atoms with van der Waals surface area (Å²) in [7, 11) is 0. The number of guanidine groups is 2. The molecule has 0 spiro atoms. The summed E-state index contributed by atoms with van der Waals surface area (Å²) in [5.74, 6) is -3.37. The second-order valence-electron chi connectivity index (χ2n) is 12.1. The average molecular weight is 831 g/mol. The average Bonchev–Trinajstić information content (AvgIpc) is 3.15. The van der Waals surface area contributed by atoms with Crippen LogP contribution in [0.5, 0.6) is 0 Å². The van der Waals surface area contributed by atoms with Crippen LogP contribution in [-0.2, 0) is 16.1 Å². The van der Waals surface area contributed by atoms with Gasteiger partial charge in [0.1, 0.15) is 29.3 Å². The van der Waals surface area contributed by atoms with Gasteiger partial charge in [0.15, 0.2) is 11.9 Å². The van der Waals surface area contributed by atoms with Gasteiger partial charge in [-0.25, -0.2) is 18.7 Å². The highest BCUT2D eigenvalue weighted by atomic mass is 32.2. The summed E-state index contributed by atoms with van der Waals surface area (Å²) < 4.78 is 29.9. The molecule has 0 atom stereocenters. The number of anilines is 3. The van der Waals surface area contributed by atoms with Crippen molar-refractivity contribution in [1.29, 1.82) is 0 Å². The number of amides is 4. The van der Waals surface area contributed by atoms with E-state index in [1.54, 1.807) is 0 Å². The zero-order valence-electron chi connectivity index (χ0n) is 31.1. The van der Waals surface area contributed by atoms with Crippen molar-refractivity contribution in [2.45, 2.75) is 54.9 Å². The van der Waals surface area contributed by atoms with Crippen LogP contribution < -0.4 is 55.7 Å². The zero-order chi connectivity index (χ0) is 41.7. The molecule has 4 amide bonds. The lowest BCUT2D eigenvalue weighted by molar-refractivity contribution is -0.121. The molecule has 0 aliphatic carbocycles. The molecule has 16 N–H and O–H groups in total. The van der Waals surface area contributed by atoms with E-state index in [-0.39, 0.29) is 90.4 Å². The molecule has 0 fully saturated rings. The van der Waals surface area contributed by atoms with Crippen molar-refractivity contribution < 1.29 is 28.0 Å².